The highest BCUT2D eigenvalue weighted by Crippen LogP contribution is 2.20. The van der Waals surface area contributed by atoms with Crippen LogP contribution in [0.2, 0.25) is 0 Å². The van der Waals surface area contributed by atoms with E-state index in [1.807, 2.05) is 18.5 Å². The molecule has 0 saturated heterocycles. The van der Waals surface area contributed by atoms with Crippen LogP contribution in [0.15, 0.2) is 0 Å². The molecule has 1 atom stereocenters. The average Bonchev–Trinajstić information content (AvgIpc) is 3.00. The highest BCUT2D eigenvalue weighted by molar-refractivity contribution is 4.88. The summed E-state index contributed by atoms with van der Waals surface area (Å²) in [7, 11) is 0. The van der Waals surface area contributed by atoms with Gasteiger partial charge in [0.1, 0.15) is 11.6 Å². The van der Waals surface area contributed by atoms with Crippen molar-refractivity contribution in [3.05, 3.63) is 11.6 Å². The average molecular weight is 224 g/mol. The lowest BCUT2D eigenvalue weighted by molar-refractivity contribution is 0.228. The maximum atomic E-state index is 9.25. The molecule has 0 spiro atoms. The number of aliphatic hydroxyl groups is 1. The summed E-state index contributed by atoms with van der Waals surface area (Å²) in [5.74, 6) is 1.76. The summed E-state index contributed by atoms with van der Waals surface area (Å²) in [5.41, 5.74) is 0. The fraction of sp³-hybridized carbons (Fsp3) is 0.818. The number of aliphatic hydroxyl groups excluding tert-OH is 1. The lowest BCUT2D eigenvalue weighted by atomic mass is 10.2. The zero-order valence-corrected chi connectivity index (χ0v) is 9.98. The van der Waals surface area contributed by atoms with E-state index in [9.17, 15) is 5.11 Å². The van der Waals surface area contributed by atoms with E-state index in [1.165, 1.54) is 12.8 Å². The van der Waals surface area contributed by atoms with Crippen molar-refractivity contribution < 1.29 is 5.11 Å². The Kier molecular flexibility index (Phi) is 3.56. The van der Waals surface area contributed by atoms with E-state index in [0.29, 0.717) is 6.04 Å². The Balaban J connectivity index is 1.82. The van der Waals surface area contributed by atoms with E-state index < -0.39 is 0 Å². The predicted molar refractivity (Wildman–Crippen MR) is 61.1 cm³/mol. The van der Waals surface area contributed by atoms with Gasteiger partial charge in [-0.1, -0.05) is 0 Å². The van der Waals surface area contributed by atoms with Gasteiger partial charge in [0.05, 0.1) is 6.61 Å². The zero-order valence-electron chi connectivity index (χ0n) is 9.98. The summed E-state index contributed by atoms with van der Waals surface area (Å²) in [6, 6.07) is 0.826. The number of hydrogen-bond acceptors (Lipinski definition) is 4. The molecule has 1 aliphatic carbocycles. The first-order chi connectivity index (χ1) is 7.69. The molecule has 2 N–H and O–H groups in total. The Hall–Kier alpha value is -0.940. The van der Waals surface area contributed by atoms with Crippen molar-refractivity contribution >= 4 is 0 Å². The second kappa shape index (κ2) is 4.93. The second-order valence-electron chi connectivity index (χ2n) is 4.54. The van der Waals surface area contributed by atoms with Gasteiger partial charge in [-0.05, 0) is 33.1 Å². The largest absolute Gasteiger partial charge is 0.395 e. The molecule has 1 aliphatic rings. The van der Waals surface area contributed by atoms with Crippen LogP contribution in [0.5, 0.6) is 0 Å². The number of nitrogens with one attached hydrogen (secondary N) is 1. The molecule has 1 saturated carbocycles. The fourth-order valence-electron chi connectivity index (χ4n) is 1.86. The van der Waals surface area contributed by atoms with Gasteiger partial charge in [-0.3, -0.25) is 4.68 Å². The minimum atomic E-state index is 0.191. The molecule has 2 rings (SSSR count). The van der Waals surface area contributed by atoms with E-state index in [2.05, 4.69) is 15.4 Å². The molecule has 5 nitrogen and oxygen atoms in total. The Morgan fingerprint density at radius 1 is 1.50 bits per heavy atom. The van der Waals surface area contributed by atoms with Crippen molar-refractivity contribution in [2.24, 2.45) is 0 Å². The minimum Gasteiger partial charge on any atom is -0.395 e. The van der Waals surface area contributed by atoms with Gasteiger partial charge >= 0.3 is 0 Å². The smallest absolute Gasteiger partial charge is 0.147 e. The highest BCUT2D eigenvalue weighted by atomic mass is 16.3. The molecule has 0 radical (unpaired) electrons. The number of hydrogen-bond donors (Lipinski definition) is 2. The molecule has 0 amide bonds. The second-order valence-corrected chi connectivity index (χ2v) is 4.54. The summed E-state index contributed by atoms with van der Waals surface area (Å²) in [5, 5.41) is 17.0. The molecular formula is C11H20N4O. The first kappa shape index (κ1) is 11.5. The molecule has 1 heterocycles. The van der Waals surface area contributed by atoms with E-state index in [-0.39, 0.29) is 12.6 Å². The molecule has 90 valence electrons. The third-order valence-corrected chi connectivity index (χ3v) is 2.92. The van der Waals surface area contributed by atoms with E-state index in [1.54, 1.807) is 0 Å². The highest BCUT2D eigenvalue weighted by Gasteiger charge is 2.24. The fourth-order valence-corrected chi connectivity index (χ4v) is 1.86. The van der Waals surface area contributed by atoms with Crippen LogP contribution in [-0.2, 0) is 6.54 Å². The predicted octanol–water partition coefficient (Wildman–Crippen LogP) is 0.398. The summed E-state index contributed by atoms with van der Waals surface area (Å²) in [4.78, 5) is 4.26. The molecule has 1 unspecified atom stereocenters. The van der Waals surface area contributed by atoms with Crippen LogP contribution in [0.3, 0.4) is 0 Å². The maximum Gasteiger partial charge on any atom is 0.147 e. The van der Waals surface area contributed by atoms with E-state index >= 15 is 0 Å². The van der Waals surface area contributed by atoms with Gasteiger partial charge in [-0.25, -0.2) is 4.98 Å². The summed E-state index contributed by atoms with van der Waals surface area (Å²) in [6.07, 6.45) is 3.40. The first-order valence-electron chi connectivity index (χ1n) is 5.94. The Morgan fingerprint density at radius 2 is 2.25 bits per heavy atom. The van der Waals surface area contributed by atoms with Crippen LogP contribution in [0.25, 0.3) is 0 Å². The lowest BCUT2D eigenvalue weighted by Crippen LogP contribution is -2.35. The Labute approximate surface area is 95.9 Å². The van der Waals surface area contributed by atoms with Crippen LogP contribution in [-0.4, -0.2) is 38.6 Å². The Morgan fingerprint density at radius 3 is 2.75 bits per heavy atom. The summed E-state index contributed by atoms with van der Waals surface area (Å²) >= 11 is 0. The topological polar surface area (TPSA) is 63.0 Å². The van der Waals surface area contributed by atoms with Crippen molar-refractivity contribution in [3.8, 4) is 0 Å². The van der Waals surface area contributed by atoms with Crippen LogP contribution in [0.4, 0.5) is 0 Å². The first-order valence-corrected chi connectivity index (χ1v) is 5.94. The quantitative estimate of drug-likeness (QED) is 0.734. The molecular weight excluding hydrogens is 204 g/mol. The van der Waals surface area contributed by atoms with Crippen LogP contribution in [0, 0.1) is 13.8 Å². The molecule has 1 aromatic rings. The molecule has 1 fully saturated rings. The Bertz CT molecular complexity index is 346. The summed E-state index contributed by atoms with van der Waals surface area (Å²) in [6.45, 7) is 4.87. The van der Waals surface area contributed by atoms with Crippen LogP contribution >= 0.6 is 0 Å². The molecule has 0 aliphatic heterocycles. The minimum absolute atomic E-state index is 0.191. The zero-order chi connectivity index (χ0) is 11.5. The van der Waals surface area contributed by atoms with Crippen molar-refractivity contribution in [2.75, 3.05) is 6.61 Å². The third kappa shape index (κ3) is 3.02. The molecule has 5 heteroatoms. The molecule has 0 bridgehead atoms. The normalized spacial score (nSPS) is 17.7. The summed E-state index contributed by atoms with van der Waals surface area (Å²) < 4.78 is 1.91. The number of aryl methyl sites for hydroxylation is 3. The third-order valence-electron chi connectivity index (χ3n) is 2.92. The number of nitrogens with zero attached hydrogens (tertiary/aromatic N) is 3. The number of rotatable bonds is 6. The standard InChI is InChI=1S/C11H20N4O/c1-8-12-9(2)15(14-8)6-5-11(7-16)13-10-3-4-10/h10-11,13,16H,3-7H2,1-2H3. The van der Waals surface area contributed by atoms with E-state index in [0.717, 1.165) is 24.6 Å². The maximum absolute atomic E-state index is 9.25. The molecule has 16 heavy (non-hydrogen) atoms. The van der Waals surface area contributed by atoms with Gasteiger partial charge in [-0.2, -0.15) is 5.10 Å². The van der Waals surface area contributed by atoms with Gasteiger partial charge in [-0.15, -0.1) is 0 Å². The van der Waals surface area contributed by atoms with Gasteiger partial charge < -0.3 is 10.4 Å². The van der Waals surface area contributed by atoms with Gasteiger partial charge in [0.15, 0.2) is 0 Å². The monoisotopic (exact) mass is 224 g/mol. The number of aromatic nitrogens is 3. The van der Waals surface area contributed by atoms with Gasteiger partial charge in [0, 0.05) is 18.6 Å². The van der Waals surface area contributed by atoms with Gasteiger partial charge in [0.2, 0.25) is 0 Å². The van der Waals surface area contributed by atoms with Gasteiger partial charge in [0.25, 0.3) is 0 Å². The van der Waals surface area contributed by atoms with Crippen LogP contribution in [0.1, 0.15) is 30.9 Å². The van der Waals surface area contributed by atoms with Crippen LogP contribution < -0.4 is 5.32 Å². The lowest BCUT2D eigenvalue weighted by Gasteiger charge is -2.15. The van der Waals surface area contributed by atoms with E-state index in [4.69, 9.17) is 0 Å². The molecule has 0 aromatic carbocycles. The van der Waals surface area contributed by atoms with Crippen molar-refractivity contribution in [3.63, 3.8) is 0 Å². The SMILES string of the molecule is Cc1nc(C)n(CCC(CO)NC2CC2)n1. The van der Waals surface area contributed by atoms with Crippen molar-refractivity contribution in [1.29, 1.82) is 0 Å². The van der Waals surface area contributed by atoms with Crippen molar-refractivity contribution in [2.45, 2.75) is 51.7 Å². The molecule has 1 aromatic heterocycles. The van der Waals surface area contributed by atoms with Crippen molar-refractivity contribution in [1.82, 2.24) is 20.1 Å².